The molecule has 0 heterocycles. The first-order valence-electron chi connectivity index (χ1n) is 2.84. The van der Waals surface area contributed by atoms with Crippen LogP contribution in [0.25, 0.3) is 0 Å². The van der Waals surface area contributed by atoms with E-state index in [9.17, 15) is 44.5 Å². The molecular formula is C4F9NO. The van der Waals surface area contributed by atoms with Crippen molar-refractivity contribution >= 4 is 6.04 Å². The Hall–Kier alpha value is -1.00. The van der Waals surface area contributed by atoms with Crippen molar-refractivity contribution < 1.29 is 44.5 Å². The molecular weight excluding hydrogens is 249 g/mol. The van der Waals surface area contributed by atoms with Crippen LogP contribution in [0, 0.1) is 0 Å². The molecule has 0 bridgehead atoms. The third-order valence-electron chi connectivity index (χ3n) is 1.29. The van der Waals surface area contributed by atoms with E-state index in [0.29, 0.717) is 0 Å². The average molecular weight is 249 g/mol. The monoisotopic (exact) mass is 249 g/mol. The molecule has 0 saturated carbocycles. The van der Waals surface area contributed by atoms with E-state index in [0.717, 1.165) is 0 Å². The van der Waals surface area contributed by atoms with Crippen molar-refractivity contribution in [1.29, 1.82) is 0 Å². The molecule has 11 heteroatoms. The van der Waals surface area contributed by atoms with Gasteiger partial charge in [0.1, 0.15) is 0 Å². The van der Waals surface area contributed by atoms with Gasteiger partial charge in [0, 0.05) is 0 Å². The fraction of sp³-hybridized carbons (Fsp3) is 0.750. The molecule has 0 fully saturated rings. The molecule has 0 spiro atoms. The highest BCUT2D eigenvalue weighted by atomic mass is 19.4. The number of nitrogens with zero attached hydrogens (tertiary/aromatic N) is 1. The Morgan fingerprint density at radius 1 is 0.933 bits per heavy atom. The van der Waals surface area contributed by atoms with Gasteiger partial charge in [-0.1, -0.05) is 8.96 Å². The Bertz CT molecular complexity index is 259. The number of carbonyl (C=O) groups excluding carboxylic acids is 1. The van der Waals surface area contributed by atoms with Gasteiger partial charge in [0.05, 0.1) is 5.34 Å². The Labute approximate surface area is 75.1 Å². The molecule has 0 aliphatic carbocycles. The normalized spacial score (nSPS) is 17.7. The minimum absolute atomic E-state index is 3.53. The van der Waals surface area contributed by atoms with E-state index in [-0.39, 0.29) is 0 Å². The van der Waals surface area contributed by atoms with Crippen molar-refractivity contribution in [3.05, 3.63) is 0 Å². The summed E-state index contributed by atoms with van der Waals surface area (Å²) in [6, 6.07) is -10.9. The van der Waals surface area contributed by atoms with E-state index in [1.807, 2.05) is 0 Å². The zero-order valence-electron chi connectivity index (χ0n) is 6.26. The first-order valence-corrected chi connectivity index (χ1v) is 2.84. The van der Waals surface area contributed by atoms with Gasteiger partial charge in [-0.3, -0.25) is 4.79 Å². The summed E-state index contributed by atoms with van der Waals surface area (Å²) < 4.78 is 105. The first-order chi connectivity index (χ1) is 6.39. The topological polar surface area (TPSA) is 20.3 Å². The van der Waals surface area contributed by atoms with E-state index < -0.39 is 29.3 Å². The van der Waals surface area contributed by atoms with Gasteiger partial charge in [-0.05, 0) is 0 Å². The Morgan fingerprint density at radius 2 is 1.27 bits per heavy atom. The molecule has 0 rings (SSSR count). The highest BCUT2D eigenvalue weighted by molar-refractivity contribution is 5.80. The third kappa shape index (κ3) is 1.87. The lowest BCUT2D eigenvalue weighted by molar-refractivity contribution is -0.408. The lowest BCUT2D eigenvalue weighted by Gasteiger charge is -2.29. The molecule has 90 valence electrons. The summed E-state index contributed by atoms with van der Waals surface area (Å²) in [6.45, 7) is 0. The molecule has 0 aromatic heterocycles. The van der Waals surface area contributed by atoms with Crippen LogP contribution >= 0.6 is 0 Å². The molecule has 2 nitrogen and oxygen atoms in total. The molecule has 0 aliphatic heterocycles. The van der Waals surface area contributed by atoms with Crippen LogP contribution in [0.15, 0.2) is 0 Å². The summed E-state index contributed by atoms with van der Waals surface area (Å²) in [6.07, 6.45) is -6.82. The molecule has 1 unspecified atom stereocenters. The number of hydrogen-bond acceptors (Lipinski definition) is 2. The number of alkyl halides is 6. The molecule has 1 atom stereocenters. The Balaban J connectivity index is 5.62. The van der Waals surface area contributed by atoms with Crippen LogP contribution in [0.4, 0.5) is 39.7 Å². The second-order valence-electron chi connectivity index (χ2n) is 2.20. The molecule has 15 heavy (non-hydrogen) atoms. The molecule has 0 radical (unpaired) electrons. The van der Waals surface area contributed by atoms with Crippen LogP contribution < -0.4 is 0 Å². The van der Waals surface area contributed by atoms with Crippen LogP contribution in [-0.4, -0.2) is 29.3 Å². The largest absolute Gasteiger partial charge is 0.440 e. The SMILES string of the molecule is O=C(F)C(F)(C(F)(F)F)C(F)(F)N(F)F. The molecule has 0 aromatic rings. The number of carbonyl (C=O) groups is 1. The van der Waals surface area contributed by atoms with E-state index >= 15 is 0 Å². The zero-order valence-corrected chi connectivity index (χ0v) is 6.26. The minimum Gasteiger partial charge on any atom is -0.257 e. The summed E-state index contributed by atoms with van der Waals surface area (Å²) in [4.78, 5) is 9.46. The second-order valence-corrected chi connectivity index (χ2v) is 2.20. The summed E-state index contributed by atoms with van der Waals surface area (Å²) in [5.41, 5.74) is -6.61. The summed E-state index contributed by atoms with van der Waals surface area (Å²) in [5, 5.41) is -3.53. The predicted octanol–water partition coefficient (Wildman–Crippen LogP) is 2.42. The molecule has 0 aromatic carbocycles. The number of rotatable bonds is 3. The maximum atomic E-state index is 12.3. The van der Waals surface area contributed by atoms with Crippen LogP contribution in [0.3, 0.4) is 0 Å². The number of halogens is 9. The van der Waals surface area contributed by atoms with Crippen molar-refractivity contribution in [1.82, 2.24) is 5.34 Å². The van der Waals surface area contributed by atoms with Crippen LogP contribution in [0.2, 0.25) is 0 Å². The van der Waals surface area contributed by atoms with Crippen molar-refractivity contribution in [2.45, 2.75) is 17.9 Å². The van der Waals surface area contributed by atoms with Gasteiger partial charge >= 0.3 is 23.9 Å². The highest BCUT2D eigenvalue weighted by Gasteiger charge is 2.80. The van der Waals surface area contributed by atoms with Crippen LogP contribution in [0.1, 0.15) is 0 Å². The Morgan fingerprint density at radius 3 is 1.33 bits per heavy atom. The Kier molecular flexibility index (Phi) is 3.30. The quantitative estimate of drug-likeness (QED) is 0.331. The van der Waals surface area contributed by atoms with Crippen molar-refractivity contribution in [3.63, 3.8) is 0 Å². The smallest absolute Gasteiger partial charge is 0.257 e. The van der Waals surface area contributed by atoms with Gasteiger partial charge in [-0.2, -0.15) is 26.3 Å². The van der Waals surface area contributed by atoms with E-state index in [4.69, 9.17) is 0 Å². The van der Waals surface area contributed by atoms with Gasteiger partial charge in [0.15, 0.2) is 0 Å². The molecule has 0 N–H and O–H groups in total. The second kappa shape index (κ2) is 3.54. The summed E-state index contributed by atoms with van der Waals surface area (Å²) in [7, 11) is 0. The van der Waals surface area contributed by atoms with Crippen LogP contribution in [-0.2, 0) is 4.79 Å². The molecule has 0 aliphatic rings. The van der Waals surface area contributed by atoms with Gasteiger partial charge in [0.2, 0.25) is 0 Å². The summed E-state index contributed by atoms with van der Waals surface area (Å²) in [5.74, 6) is 0. The van der Waals surface area contributed by atoms with Crippen molar-refractivity contribution in [2.75, 3.05) is 0 Å². The minimum atomic E-state index is -6.82. The van der Waals surface area contributed by atoms with Gasteiger partial charge in [0.25, 0.3) is 0 Å². The lowest BCUT2D eigenvalue weighted by atomic mass is 10.0. The van der Waals surface area contributed by atoms with Gasteiger partial charge in [-0.25, -0.2) is 4.39 Å². The van der Waals surface area contributed by atoms with Gasteiger partial charge in [-0.15, -0.1) is 0 Å². The lowest BCUT2D eigenvalue weighted by Crippen LogP contribution is -2.63. The highest BCUT2D eigenvalue weighted by Crippen LogP contribution is 2.48. The summed E-state index contributed by atoms with van der Waals surface area (Å²) >= 11 is 0. The van der Waals surface area contributed by atoms with Crippen molar-refractivity contribution in [3.8, 4) is 0 Å². The first kappa shape index (κ1) is 14.0. The van der Waals surface area contributed by atoms with Crippen LogP contribution in [0.5, 0.6) is 0 Å². The fourth-order valence-electron chi connectivity index (χ4n) is 0.517. The molecule has 0 amide bonds. The number of hydrogen-bond donors (Lipinski definition) is 0. The molecule has 0 saturated heterocycles. The average Bonchev–Trinajstić information content (AvgIpc) is 1.99. The standard InChI is InChI=1S/C4F9NO/c5-1(15)2(6,3(7,8)9)4(10,11)14(12)13. The predicted molar refractivity (Wildman–Crippen MR) is 25.0 cm³/mol. The van der Waals surface area contributed by atoms with E-state index in [2.05, 4.69) is 0 Å². The van der Waals surface area contributed by atoms with Gasteiger partial charge < -0.3 is 0 Å². The van der Waals surface area contributed by atoms with Crippen molar-refractivity contribution in [2.24, 2.45) is 0 Å². The fourth-order valence-corrected chi connectivity index (χ4v) is 0.517. The van der Waals surface area contributed by atoms with E-state index in [1.54, 1.807) is 0 Å². The maximum absolute atomic E-state index is 12.3. The third-order valence-corrected chi connectivity index (χ3v) is 1.29. The van der Waals surface area contributed by atoms with E-state index in [1.165, 1.54) is 0 Å². The zero-order chi connectivity index (χ0) is 12.7. The maximum Gasteiger partial charge on any atom is 0.440 e.